The van der Waals surface area contributed by atoms with Crippen LogP contribution >= 0.6 is 0 Å². The van der Waals surface area contributed by atoms with E-state index in [1.807, 2.05) is 35.0 Å². The Balaban J connectivity index is 1.54. The second-order valence-electron chi connectivity index (χ2n) is 6.45. The Morgan fingerprint density at radius 3 is 2.26 bits per heavy atom. The fourth-order valence-electron chi connectivity index (χ4n) is 3.05. The summed E-state index contributed by atoms with van der Waals surface area (Å²) in [6, 6.07) is 16.1. The Kier molecular flexibility index (Phi) is 6.26. The summed E-state index contributed by atoms with van der Waals surface area (Å²) in [6.45, 7) is 7.55. The predicted octanol–water partition coefficient (Wildman–Crippen LogP) is 3.71. The van der Waals surface area contributed by atoms with E-state index in [1.165, 1.54) is 5.69 Å². The first-order valence-corrected chi connectivity index (χ1v) is 9.36. The highest BCUT2D eigenvalue weighted by Crippen LogP contribution is 2.15. The summed E-state index contributed by atoms with van der Waals surface area (Å²) in [5, 5.41) is 2.99. The van der Waals surface area contributed by atoms with Gasteiger partial charge in [0.1, 0.15) is 0 Å². The molecule has 140 valence electrons. The number of hydrogen-bond acceptors (Lipinski definition) is 3. The lowest BCUT2D eigenvalue weighted by Crippen LogP contribution is -2.23. The number of hydrogen-bond donors (Lipinski definition) is 1. The molecule has 5 nitrogen and oxygen atoms in total. The minimum absolute atomic E-state index is 0.0583. The number of benzene rings is 2. The molecule has 2 aromatic carbocycles. The average molecular weight is 362 g/mol. The van der Waals surface area contributed by atoms with Crippen LogP contribution in [0.3, 0.4) is 0 Å². The molecule has 1 aromatic heterocycles. The van der Waals surface area contributed by atoms with E-state index in [0.29, 0.717) is 12.1 Å². The summed E-state index contributed by atoms with van der Waals surface area (Å²) in [5.74, 6) is -0.0583. The van der Waals surface area contributed by atoms with Gasteiger partial charge in [0.05, 0.1) is 6.33 Å². The van der Waals surface area contributed by atoms with Gasteiger partial charge in [0, 0.05) is 49.8 Å². The van der Waals surface area contributed by atoms with Crippen LogP contribution in [0, 0.1) is 0 Å². The molecule has 0 unspecified atom stereocenters. The number of anilines is 1. The summed E-state index contributed by atoms with van der Waals surface area (Å²) in [6.07, 6.45) is 5.47. The lowest BCUT2D eigenvalue weighted by molar-refractivity contribution is 0.0951. The van der Waals surface area contributed by atoms with Crippen LogP contribution in [0.4, 0.5) is 5.69 Å². The van der Waals surface area contributed by atoms with Gasteiger partial charge in [-0.2, -0.15) is 0 Å². The topological polar surface area (TPSA) is 50.2 Å². The van der Waals surface area contributed by atoms with Gasteiger partial charge in [-0.1, -0.05) is 24.3 Å². The van der Waals surface area contributed by atoms with Crippen molar-refractivity contribution in [3.05, 3.63) is 83.9 Å². The second kappa shape index (κ2) is 9.03. The molecule has 0 fully saturated rings. The molecule has 0 aliphatic heterocycles. The van der Waals surface area contributed by atoms with E-state index in [0.717, 1.165) is 30.8 Å². The van der Waals surface area contributed by atoms with Crippen molar-refractivity contribution in [2.24, 2.45) is 0 Å². The largest absolute Gasteiger partial charge is 0.372 e. The molecule has 1 heterocycles. The van der Waals surface area contributed by atoms with Gasteiger partial charge in [-0.05, 0) is 49.2 Å². The summed E-state index contributed by atoms with van der Waals surface area (Å²) < 4.78 is 2.00. The van der Waals surface area contributed by atoms with Crippen molar-refractivity contribution in [2.45, 2.75) is 26.9 Å². The molecule has 27 heavy (non-hydrogen) atoms. The van der Waals surface area contributed by atoms with Crippen LogP contribution in [-0.2, 0) is 13.1 Å². The zero-order valence-electron chi connectivity index (χ0n) is 15.9. The number of aromatic nitrogens is 2. The number of carbonyl (C=O) groups excluding carboxylic acids is 1. The Morgan fingerprint density at radius 2 is 1.67 bits per heavy atom. The summed E-state index contributed by atoms with van der Waals surface area (Å²) in [7, 11) is 0. The van der Waals surface area contributed by atoms with Crippen molar-refractivity contribution < 1.29 is 4.79 Å². The van der Waals surface area contributed by atoms with E-state index in [1.54, 1.807) is 12.5 Å². The zero-order valence-corrected chi connectivity index (χ0v) is 15.9. The number of carbonyl (C=O) groups is 1. The molecule has 0 aliphatic carbocycles. The maximum atomic E-state index is 12.4. The summed E-state index contributed by atoms with van der Waals surface area (Å²) in [5.41, 5.74) is 4.11. The predicted molar refractivity (Wildman–Crippen MR) is 109 cm³/mol. The highest BCUT2D eigenvalue weighted by Gasteiger charge is 2.06. The molecule has 0 bridgehead atoms. The van der Waals surface area contributed by atoms with Crippen molar-refractivity contribution in [1.82, 2.24) is 14.9 Å². The van der Waals surface area contributed by atoms with Crippen LogP contribution in [0.25, 0.3) is 0 Å². The fraction of sp³-hybridized carbons (Fsp3) is 0.273. The first-order valence-electron chi connectivity index (χ1n) is 9.36. The van der Waals surface area contributed by atoms with E-state index < -0.39 is 0 Å². The molecular formula is C22H26N4O. The van der Waals surface area contributed by atoms with Crippen molar-refractivity contribution in [3.63, 3.8) is 0 Å². The highest BCUT2D eigenvalue weighted by molar-refractivity contribution is 5.94. The number of nitrogens with one attached hydrogen (secondary N) is 1. The molecule has 0 atom stereocenters. The molecule has 3 rings (SSSR count). The average Bonchev–Trinajstić information content (AvgIpc) is 3.21. The van der Waals surface area contributed by atoms with Crippen molar-refractivity contribution in [1.29, 1.82) is 0 Å². The lowest BCUT2D eigenvalue weighted by Gasteiger charge is -2.21. The molecular weight excluding hydrogens is 336 g/mol. The van der Waals surface area contributed by atoms with Crippen LogP contribution in [0.5, 0.6) is 0 Å². The lowest BCUT2D eigenvalue weighted by atomic mass is 10.1. The first kappa shape index (κ1) is 18.7. The minimum Gasteiger partial charge on any atom is -0.372 e. The smallest absolute Gasteiger partial charge is 0.251 e. The normalized spacial score (nSPS) is 10.6. The monoisotopic (exact) mass is 362 g/mol. The maximum Gasteiger partial charge on any atom is 0.251 e. The summed E-state index contributed by atoms with van der Waals surface area (Å²) >= 11 is 0. The Labute approximate surface area is 160 Å². The molecule has 0 radical (unpaired) electrons. The first-order chi connectivity index (χ1) is 13.2. The van der Waals surface area contributed by atoms with E-state index in [9.17, 15) is 4.79 Å². The molecule has 1 amide bonds. The van der Waals surface area contributed by atoms with E-state index in [2.05, 4.69) is 53.3 Å². The zero-order chi connectivity index (χ0) is 19.1. The molecule has 0 aliphatic rings. The SMILES string of the molecule is CCN(CC)c1ccc(CNC(=O)c2ccc(Cn3ccnc3)cc2)cc1. The quantitative estimate of drug-likeness (QED) is 0.665. The van der Waals surface area contributed by atoms with Crippen LogP contribution in [0.1, 0.15) is 35.3 Å². The molecule has 0 saturated carbocycles. The van der Waals surface area contributed by atoms with E-state index in [-0.39, 0.29) is 5.91 Å². The molecule has 0 spiro atoms. The van der Waals surface area contributed by atoms with E-state index >= 15 is 0 Å². The van der Waals surface area contributed by atoms with Crippen molar-refractivity contribution in [3.8, 4) is 0 Å². The van der Waals surface area contributed by atoms with Gasteiger partial charge in [0.2, 0.25) is 0 Å². The Morgan fingerprint density at radius 1 is 1.00 bits per heavy atom. The van der Waals surface area contributed by atoms with Gasteiger partial charge in [0.15, 0.2) is 0 Å². The number of rotatable bonds is 8. The van der Waals surface area contributed by atoms with Gasteiger partial charge >= 0.3 is 0 Å². The van der Waals surface area contributed by atoms with Crippen LogP contribution in [0.2, 0.25) is 0 Å². The summed E-state index contributed by atoms with van der Waals surface area (Å²) in [4.78, 5) is 18.7. The molecule has 1 N–H and O–H groups in total. The number of amides is 1. The number of nitrogens with zero attached hydrogens (tertiary/aromatic N) is 3. The van der Waals surface area contributed by atoms with Gasteiger partial charge in [-0.3, -0.25) is 4.79 Å². The third-order valence-corrected chi connectivity index (χ3v) is 4.66. The third kappa shape index (κ3) is 4.97. The van der Waals surface area contributed by atoms with Crippen molar-refractivity contribution >= 4 is 11.6 Å². The molecule has 5 heteroatoms. The van der Waals surface area contributed by atoms with Gasteiger partial charge in [0.25, 0.3) is 5.91 Å². The van der Waals surface area contributed by atoms with Crippen LogP contribution in [-0.4, -0.2) is 28.5 Å². The highest BCUT2D eigenvalue weighted by atomic mass is 16.1. The standard InChI is InChI=1S/C22H26N4O/c1-3-26(4-2)21-11-7-18(8-12-21)15-24-22(27)20-9-5-19(6-10-20)16-25-14-13-23-17-25/h5-14,17H,3-4,15-16H2,1-2H3,(H,24,27). The second-order valence-corrected chi connectivity index (χ2v) is 6.45. The van der Waals surface area contributed by atoms with E-state index in [4.69, 9.17) is 0 Å². The van der Waals surface area contributed by atoms with Gasteiger partial charge in [-0.25, -0.2) is 4.98 Å². The Hall–Kier alpha value is -3.08. The minimum atomic E-state index is -0.0583. The fourth-order valence-corrected chi connectivity index (χ4v) is 3.05. The number of imidazole rings is 1. The Bertz CT molecular complexity index is 835. The van der Waals surface area contributed by atoms with Crippen LogP contribution < -0.4 is 10.2 Å². The maximum absolute atomic E-state index is 12.4. The van der Waals surface area contributed by atoms with Gasteiger partial charge < -0.3 is 14.8 Å². The molecule has 0 saturated heterocycles. The van der Waals surface area contributed by atoms with Crippen LogP contribution in [0.15, 0.2) is 67.3 Å². The molecule has 3 aromatic rings. The third-order valence-electron chi connectivity index (χ3n) is 4.66. The van der Waals surface area contributed by atoms with Gasteiger partial charge in [-0.15, -0.1) is 0 Å². The van der Waals surface area contributed by atoms with Crippen molar-refractivity contribution in [2.75, 3.05) is 18.0 Å².